The Bertz CT molecular complexity index is 716. The number of hydrogen-bond donors (Lipinski definition) is 1. The van der Waals surface area contributed by atoms with E-state index in [1.807, 2.05) is 30.5 Å². The Morgan fingerprint density at radius 3 is 2.76 bits per heavy atom. The number of hydrogen-bond acceptors (Lipinski definition) is 7. The van der Waals surface area contributed by atoms with Crippen LogP contribution in [0.4, 0.5) is 5.95 Å². The fraction of sp³-hybridized carbons (Fsp3) is 0.143. The van der Waals surface area contributed by atoms with Crippen LogP contribution in [0.3, 0.4) is 0 Å². The molecule has 6 nitrogen and oxygen atoms in total. The maximum absolute atomic E-state index is 5.36. The zero-order chi connectivity index (χ0) is 14.5. The van der Waals surface area contributed by atoms with Crippen molar-refractivity contribution in [3.63, 3.8) is 0 Å². The molecular formula is C14H13N5OS. The lowest BCUT2D eigenvalue weighted by Gasteiger charge is -2.04. The van der Waals surface area contributed by atoms with Crippen LogP contribution in [0.2, 0.25) is 0 Å². The van der Waals surface area contributed by atoms with Gasteiger partial charge in [0.1, 0.15) is 23.4 Å². The van der Waals surface area contributed by atoms with Gasteiger partial charge in [0, 0.05) is 11.1 Å². The van der Waals surface area contributed by atoms with Crippen LogP contribution < -0.4 is 10.1 Å². The number of para-hydroxylation sites is 1. The molecule has 0 spiro atoms. The van der Waals surface area contributed by atoms with E-state index in [2.05, 4.69) is 25.3 Å². The minimum atomic E-state index is 0.553. The number of nitrogens with zero attached hydrogens (tertiary/aromatic N) is 4. The first-order valence-corrected chi connectivity index (χ1v) is 7.12. The summed E-state index contributed by atoms with van der Waals surface area (Å²) in [6.45, 7) is 0.622. The Labute approximate surface area is 125 Å². The minimum absolute atomic E-state index is 0.553. The van der Waals surface area contributed by atoms with E-state index in [1.165, 1.54) is 12.7 Å². The summed E-state index contributed by atoms with van der Waals surface area (Å²) in [7, 11) is 1.66. The third-order valence-corrected chi connectivity index (χ3v) is 3.84. The summed E-state index contributed by atoms with van der Waals surface area (Å²) in [6.07, 6.45) is 4.77. The van der Waals surface area contributed by atoms with Crippen LogP contribution >= 0.6 is 11.3 Å². The maximum Gasteiger partial charge on any atom is 0.225 e. The second kappa shape index (κ2) is 6.27. The van der Waals surface area contributed by atoms with E-state index >= 15 is 0 Å². The highest BCUT2D eigenvalue weighted by molar-refractivity contribution is 7.15. The van der Waals surface area contributed by atoms with E-state index in [-0.39, 0.29) is 0 Å². The number of ether oxygens (including phenoxy) is 1. The quantitative estimate of drug-likeness (QED) is 0.780. The second-order valence-corrected chi connectivity index (χ2v) is 5.26. The molecule has 1 N–H and O–H groups in total. The van der Waals surface area contributed by atoms with Crippen molar-refractivity contribution in [2.45, 2.75) is 6.54 Å². The topological polar surface area (TPSA) is 72.8 Å². The first kappa shape index (κ1) is 13.4. The van der Waals surface area contributed by atoms with Gasteiger partial charge in [-0.05, 0) is 12.1 Å². The van der Waals surface area contributed by atoms with Crippen molar-refractivity contribution < 1.29 is 4.74 Å². The normalized spacial score (nSPS) is 10.3. The Morgan fingerprint density at radius 2 is 1.95 bits per heavy atom. The van der Waals surface area contributed by atoms with E-state index in [9.17, 15) is 0 Å². The lowest BCUT2D eigenvalue weighted by molar-refractivity contribution is 0.416. The van der Waals surface area contributed by atoms with Crippen LogP contribution in [-0.2, 0) is 6.54 Å². The number of benzene rings is 1. The summed E-state index contributed by atoms with van der Waals surface area (Å²) in [5.74, 6) is 1.38. The Kier molecular flexibility index (Phi) is 4.02. The average molecular weight is 299 g/mol. The highest BCUT2D eigenvalue weighted by Gasteiger charge is 2.09. The van der Waals surface area contributed by atoms with Crippen molar-refractivity contribution in [1.82, 2.24) is 19.9 Å². The first-order chi connectivity index (χ1) is 10.4. The van der Waals surface area contributed by atoms with Gasteiger partial charge in [-0.2, -0.15) is 0 Å². The van der Waals surface area contributed by atoms with E-state index in [0.717, 1.165) is 21.2 Å². The van der Waals surface area contributed by atoms with Crippen molar-refractivity contribution in [3.8, 4) is 16.3 Å². The molecule has 0 saturated carbocycles. The van der Waals surface area contributed by atoms with Crippen LogP contribution in [0.25, 0.3) is 10.6 Å². The molecule has 0 aliphatic rings. The number of anilines is 1. The number of aromatic nitrogens is 4. The van der Waals surface area contributed by atoms with Crippen molar-refractivity contribution in [1.29, 1.82) is 0 Å². The van der Waals surface area contributed by atoms with Crippen molar-refractivity contribution >= 4 is 17.3 Å². The van der Waals surface area contributed by atoms with E-state index in [4.69, 9.17) is 4.74 Å². The van der Waals surface area contributed by atoms with Crippen LogP contribution in [-0.4, -0.2) is 27.0 Å². The summed E-state index contributed by atoms with van der Waals surface area (Å²) in [5, 5.41) is 4.06. The second-order valence-electron chi connectivity index (χ2n) is 4.15. The van der Waals surface area contributed by atoms with Gasteiger partial charge < -0.3 is 10.1 Å². The first-order valence-electron chi connectivity index (χ1n) is 6.31. The molecule has 0 aliphatic heterocycles. The molecule has 0 unspecified atom stereocenters. The van der Waals surface area contributed by atoms with Gasteiger partial charge in [-0.25, -0.2) is 19.9 Å². The van der Waals surface area contributed by atoms with Gasteiger partial charge in [-0.1, -0.05) is 12.1 Å². The Morgan fingerprint density at radius 1 is 1.14 bits per heavy atom. The van der Waals surface area contributed by atoms with Gasteiger partial charge in [0.15, 0.2) is 0 Å². The SMILES string of the molecule is COc1ccccc1-c1ncc(CNc2ncncn2)s1. The average Bonchev–Trinajstić information content (AvgIpc) is 3.02. The molecule has 3 aromatic rings. The lowest BCUT2D eigenvalue weighted by atomic mass is 10.2. The molecule has 0 fully saturated rings. The molecule has 7 heteroatoms. The van der Waals surface area contributed by atoms with Crippen molar-refractivity contribution in [2.75, 3.05) is 12.4 Å². The molecule has 0 atom stereocenters. The standard InChI is InChI=1S/C14H13N5OS/c1-20-12-5-3-2-4-11(12)13-16-6-10(21-13)7-17-14-18-8-15-9-19-14/h2-6,8-9H,7H2,1H3,(H,15,17,18,19). The summed E-state index contributed by atoms with van der Waals surface area (Å²) >= 11 is 1.61. The van der Waals surface area contributed by atoms with Gasteiger partial charge >= 0.3 is 0 Å². The number of thiazole rings is 1. The van der Waals surface area contributed by atoms with E-state index < -0.39 is 0 Å². The molecule has 2 aromatic heterocycles. The third-order valence-electron chi connectivity index (χ3n) is 2.81. The minimum Gasteiger partial charge on any atom is -0.496 e. The number of rotatable bonds is 5. The van der Waals surface area contributed by atoms with Crippen LogP contribution in [0.15, 0.2) is 43.1 Å². The zero-order valence-corrected chi connectivity index (χ0v) is 12.2. The molecular weight excluding hydrogens is 286 g/mol. The Hall–Kier alpha value is -2.54. The predicted molar refractivity (Wildman–Crippen MR) is 81.3 cm³/mol. The number of nitrogens with one attached hydrogen (secondary N) is 1. The molecule has 3 rings (SSSR count). The summed E-state index contributed by atoms with van der Waals surface area (Å²) in [5.41, 5.74) is 0.997. The van der Waals surface area contributed by atoms with Gasteiger partial charge in [0.25, 0.3) is 0 Å². The van der Waals surface area contributed by atoms with Crippen molar-refractivity contribution in [2.24, 2.45) is 0 Å². The maximum atomic E-state index is 5.36. The summed E-state index contributed by atoms with van der Waals surface area (Å²) < 4.78 is 5.36. The fourth-order valence-electron chi connectivity index (χ4n) is 1.83. The van der Waals surface area contributed by atoms with Gasteiger partial charge in [-0.3, -0.25) is 0 Å². The highest BCUT2D eigenvalue weighted by atomic mass is 32.1. The highest BCUT2D eigenvalue weighted by Crippen LogP contribution is 2.32. The van der Waals surface area contributed by atoms with Crippen molar-refractivity contribution in [3.05, 3.63) is 48.0 Å². The smallest absolute Gasteiger partial charge is 0.225 e. The molecule has 0 radical (unpaired) electrons. The predicted octanol–water partition coefficient (Wildman–Crippen LogP) is 2.62. The molecule has 2 heterocycles. The zero-order valence-electron chi connectivity index (χ0n) is 11.4. The molecule has 106 valence electrons. The fourth-order valence-corrected chi connectivity index (χ4v) is 2.71. The van der Waals surface area contributed by atoms with E-state index in [1.54, 1.807) is 18.4 Å². The monoisotopic (exact) mass is 299 g/mol. The number of methoxy groups -OCH3 is 1. The van der Waals surface area contributed by atoms with Crippen LogP contribution in [0.5, 0.6) is 5.75 Å². The Balaban J connectivity index is 1.74. The van der Waals surface area contributed by atoms with E-state index in [0.29, 0.717) is 12.5 Å². The molecule has 21 heavy (non-hydrogen) atoms. The van der Waals surface area contributed by atoms with Crippen LogP contribution in [0, 0.1) is 0 Å². The summed E-state index contributed by atoms with van der Waals surface area (Å²) in [4.78, 5) is 17.4. The van der Waals surface area contributed by atoms with Gasteiger partial charge in [-0.15, -0.1) is 11.3 Å². The largest absolute Gasteiger partial charge is 0.496 e. The lowest BCUT2D eigenvalue weighted by Crippen LogP contribution is -2.01. The van der Waals surface area contributed by atoms with Crippen LogP contribution in [0.1, 0.15) is 4.88 Å². The molecule has 0 bridgehead atoms. The van der Waals surface area contributed by atoms with Gasteiger partial charge in [0.2, 0.25) is 5.95 Å². The molecule has 0 amide bonds. The van der Waals surface area contributed by atoms with Gasteiger partial charge in [0.05, 0.1) is 19.2 Å². The molecule has 0 aliphatic carbocycles. The summed E-state index contributed by atoms with van der Waals surface area (Å²) in [6, 6.07) is 7.85. The molecule has 0 saturated heterocycles. The third kappa shape index (κ3) is 3.14. The molecule has 1 aromatic carbocycles.